The van der Waals surface area contributed by atoms with Gasteiger partial charge in [-0.15, -0.1) is 0 Å². The van der Waals surface area contributed by atoms with Gasteiger partial charge in [-0.2, -0.15) is 0 Å². The van der Waals surface area contributed by atoms with Gasteiger partial charge in [0.25, 0.3) is 0 Å². The lowest BCUT2D eigenvalue weighted by molar-refractivity contribution is 0.104. The summed E-state index contributed by atoms with van der Waals surface area (Å²) in [5.41, 5.74) is 2.80. The number of fused-ring (bicyclic) bond motifs is 1. The molecule has 3 nitrogen and oxygen atoms in total. The van der Waals surface area contributed by atoms with Gasteiger partial charge in [0.2, 0.25) is 0 Å². The average Bonchev–Trinajstić information content (AvgIpc) is 2.78. The molecule has 0 saturated heterocycles. The maximum atomic E-state index is 12.3. The van der Waals surface area contributed by atoms with E-state index in [1.807, 2.05) is 37.3 Å². The minimum atomic E-state index is -0.0427. The minimum absolute atomic E-state index is 0.0427. The first-order valence-electron chi connectivity index (χ1n) is 7.42. The molecule has 0 atom stereocenters. The normalized spacial score (nSPS) is 13.9. The third-order valence-corrected chi connectivity index (χ3v) is 3.63. The highest BCUT2D eigenvalue weighted by Gasteiger charge is 2.12. The lowest BCUT2D eigenvalue weighted by Gasteiger charge is -2.07. The van der Waals surface area contributed by atoms with Crippen LogP contribution in [0, 0.1) is 6.92 Å². The van der Waals surface area contributed by atoms with E-state index in [4.69, 9.17) is 9.47 Å². The molecule has 0 aromatic heterocycles. The number of hydrogen-bond acceptors (Lipinski definition) is 3. The van der Waals surface area contributed by atoms with E-state index >= 15 is 0 Å². The molecule has 2 aromatic carbocycles. The summed E-state index contributed by atoms with van der Waals surface area (Å²) >= 11 is 0. The Hall–Kier alpha value is -2.55. The first-order chi connectivity index (χ1) is 10.7. The second-order valence-corrected chi connectivity index (χ2v) is 5.27. The third-order valence-electron chi connectivity index (χ3n) is 3.63. The lowest BCUT2D eigenvalue weighted by atomic mass is 10.1. The van der Waals surface area contributed by atoms with Crippen molar-refractivity contribution in [2.75, 3.05) is 13.2 Å². The predicted molar refractivity (Wildman–Crippen MR) is 86.6 cm³/mol. The molecule has 0 amide bonds. The van der Waals surface area contributed by atoms with E-state index < -0.39 is 0 Å². The van der Waals surface area contributed by atoms with Crippen molar-refractivity contribution in [3.05, 3.63) is 65.2 Å². The monoisotopic (exact) mass is 294 g/mol. The van der Waals surface area contributed by atoms with Crippen LogP contribution in [0.2, 0.25) is 0 Å². The van der Waals surface area contributed by atoms with Crippen LogP contribution in [0.15, 0.2) is 48.5 Å². The van der Waals surface area contributed by atoms with Crippen molar-refractivity contribution < 1.29 is 14.3 Å². The van der Waals surface area contributed by atoms with Crippen molar-refractivity contribution in [3.63, 3.8) is 0 Å². The average molecular weight is 294 g/mol. The van der Waals surface area contributed by atoms with Crippen molar-refractivity contribution in [2.45, 2.75) is 13.3 Å². The molecule has 3 heteroatoms. The van der Waals surface area contributed by atoms with Gasteiger partial charge in [0, 0.05) is 12.0 Å². The van der Waals surface area contributed by atoms with Gasteiger partial charge < -0.3 is 9.47 Å². The molecule has 0 spiro atoms. The van der Waals surface area contributed by atoms with E-state index in [0.717, 1.165) is 17.5 Å². The highest BCUT2D eigenvalue weighted by Crippen LogP contribution is 2.30. The highest BCUT2D eigenvalue weighted by atomic mass is 16.5. The first-order valence-corrected chi connectivity index (χ1v) is 7.42. The quantitative estimate of drug-likeness (QED) is 0.633. The van der Waals surface area contributed by atoms with Crippen molar-refractivity contribution in [1.29, 1.82) is 0 Å². The molecule has 112 valence electrons. The van der Waals surface area contributed by atoms with Crippen molar-refractivity contribution in [3.8, 4) is 11.5 Å². The maximum Gasteiger partial charge on any atom is 0.185 e. The van der Waals surface area contributed by atoms with Crippen LogP contribution in [0.4, 0.5) is 0 Å². The molecule has 3 rings (SSSR count). The Kier molecular flexibility index (Phi) is 4.24. The second kappa shape index (κ2) is 6.48. The molecule has 1 aliphatic heterocycles. The zero-order valence-corrected chi connectivity index (χ0v) is 12.5. The van der Waals surface area contributed by atoms with Crippen molar-refractivity contribution >= 4 is 11.9 Å². The predicted octanol–water partition coefficient (Wildman–Crippen LogP) is 4.05. The summed E-state index contributed by atoms with van der Waals surface area (Å²) in [6.07, 6.45) is 4.30. The summed E-state index contributed by atoms with van der Waals surface area (Å²) in [5.74, 6) is 1.31. The fourth-order valence-electron chi connectivity index (χ4n) is 2.35. The smallest absolute Gasteiger partial charge is 0.185 e. The molecule has 2 aromatic rings. The molecule has 0 unspecified atom stereocenters. The summed E-state index contributed by atoms with van der Waals surface area (Å²) in [6, 6.07) is 13.3. The molecule has 0 N–H and O–H groups in total. The zero-order chi connectivity index (χ0) is 15.4. The second-order valence-electron chi connectivity index (χ2n) is 5.27. The van der Waals surface area contributed by atoms with E-state index in [1.165, 1.54) is 0 Å². The number of ketones is 1. The Morgan fingerprint density at radius 3 is 2.64 bits per heavy atom. The number of ether oxygens (including phenoxy) is 2. The summed E-state index contributed by atoms with van der Waals surface area (Å²) in [7, 11) is 0. The molecule has 0 radical (unpaired) electrons. The SMILES string of the molecule is Cc1ccccc1/C=C/C(=O)c1ccc2c(c1)OCCCO2. The summed E-state index contributed by atoms with van der Waals surface area (Å²) in [6.45, 7) is 3.29. The largest absolute Gasteiger partial charge is 0.490 e. The Morgan fingerprint density at radius 2 is 1.82 bits per heavy atom. The number of allylic oxidation sites excluding steroid dienone is 1. The molecule has 0 aliphatic carbocycles. The molecule has 22 heavy (non-hydrogen) atoms. The van der Waals surface area contributed by atoms with E-state index in [0.29, 0.717) is 30.3 Å². The molecule has 0 saturated carbocycles. The van der Waals surface area contributed by atoms with Crippen LogP contribution in [0.25, 0.3) is 6.08 Å². The summed E-state index contributed by atoms with van der Waals surface area (Å²) < 4.78 is 11.2. The van der Waals surface area contributed by atoms with Crippen molar-refractivity contribution in [2.24, 2.45) is 0 Å². The Morgan fingerprint density at radius 1 is 1.05 bits per heavy atom. The van der Waals surface area contributed by atoms with Crippen LogP contribution in [0.3, 0.4) is 0 Å². The molecule has 1 heterocycles. The molecular weight excluding hydrogens is 276 g/mol. The van der Waals surface area contributed by atoms with Gasteiger partial charge in [0.15, 0.2) is 17.3 Å². The number of benzene rings is 2. The van der Waals surface area contributed by atoms with Gasteiger partial charge in [-0.1, -0.05) is 30.3 Å². The molecular formula is C19H18O3. The van der Waals surface area contributed by atoms with Crippen LogP contribution in [0.5, 0.6) is 11.5 Å². The zero-order valence-electron chi connectivity index (χ0n) is 12.5. The molecule has 0 bridgehead atoms. The van der Waals surface area contributed by atoms with E-state index in [1.54, 1.807) is 24.3 Å². The van der Waals surface area contributed by atoms with Gasteiger partial charge in [-0.25, -0.2) is 0 Å². The van der Waals surface area contributed by atoms with Crippen LogP contribution in [-0.4, -0.2) is 19.0 Å². The number of hydrogen-bond donors (Lipinski definition) is 0. The summed E-state index contributed by atoms with van der Waals surface area (Å²) in [5, 5.41) is 0. The number of aryl methyl sites for hydroxylation is 1. The highest BCUT2D eigenvalue weighted by molar-refractivity contribution is 6.07. The van der Waals surface area contributed by atoms with Gasteiger partial charge in [0.05, 0.1) is 13.2 Å². The van der Waals surface area contributed by atoms with Gasteiger partial charge in [-0.05, 0) is 42.3 Å². The van der Waals surface area contributed by atoms with Gasteiger partial charge in [-0.3, -0.25) is 4.79 Å². The van der Waals surface area contributed by atoms with Gasteiger partial charge >= 0.3 is 0 Å². The number of carbonyl (C=O) groups excluding carboxylic acids is 1. The lowest BCUT2D eigenvalue weighted by Crippen LogP contribution is -1.98. The fourth-order valence-corrected chi connectivity index (χ4v) is 2.35. The van der Waals surface area contributed by atoms with E-state index in [-0.39, 0.29) is 5.78 Å². The van der Waals surface area contributed by atoms with Crippen LogP contribution in [0.1, 0.15) is 27.9 Å². The Balaban J connectivity index is 1.81. The van der Waals surface area contributed by atoms with E-state index in [9.17, 15) is 4.79 Å². The minimum Gasteiger partial charge on any atom is -0.490 e. The summed E-state index contributed by atoms with van der Waals surface area (Å²) in [4.78, 5) is 12.3. The molecule has 0 fully saturated rings. The van der Waals surface area contributed by atoms with Crippen LogP contribution < -0.4 is 9.47 Å². The van der Waals surface area contributed by atoms with Crippen LogP contribution in [-0.2, 0) is 0 Å². The Bertz CT molecular complexity index is 716. The van der Waals surface area contributed by atoms with Gasteiger partial charge in [0.1, 0.15) is 0 Å². The standard InChI is InChI=1S/C19H18O3/c1-14-5-2-3-6-15(14)7-9-17(20)16-8-10-18-19(13-16)22-12-4-11-21-18/h2-3,5-10,13H,4,11-12H2,1H3/b9-7+. The fraction of sp³-hybridized carbons (Fsp3) is 0.211. The molecule has 1 aliphatic rings. The Labute approximate surface area is 130 Å². The topological polar surface area (TPSA) is 35.5 Å². The third kappa shape index (κ3) is 3.19. The van der Waals surface area contributed by atoms with Crippen LogP contribution >= 0.6 is 0 Å². The number of carbonyl (C=O) groups is 1. The maximum absolute atomic E-state index is 12.3. The first kappa shape index (κ1) is 14.4. The van der Waals surface area contributed by atoms with Crippen molar-refractivity contribution in [1.82, 2.24) is 0 Å². The number of rotatable bonds is 3. The van der Waals surface area contributed by atoms with E-state index in [2.05, 4.69) is 0 Å².